The first-order chi connectivity index (χ1) is 9.25. The Hall–Kier alpha value is -1.35. The minimum Gasteiger partial charge on any atom is -0.458 e. The molecule has 3 nitrogen and oxygen atoms in total. The average Bonchev–Trinajstić information content (AvgIpc) is 2.47. The number of esters is 1. The highest BCUT2D eigenvalue weighted by Gasteiger charge is 2.16. The van der Waals surface area contributed by atoms with E-state index in [1.54, 1.807) is 0 Å². The van der Waals surface area contributed by atoms with Crippen LogP contribution in [0.5, 0.6) is 0 Å². The number of hydrogen-bond donors (Lipinski definition) is 1. The summed E-state index contributed by atoms with van der Waals surface area (Å²) in [4.78, 5) is 11.8. The van der Waals surface area contributed by atoms with Crippen LogP contribution in [0, 0.1) is 0 Å². The van der Waals surface area contributed by atoms with Gasteiger partial charge in [0.15, 0.2) is 0 Å². The van der Waals surface area contributed by atoms with E-state index in [1.165, 1.54) is 19.3 Å². The van der Waals surface area contributed by atoms with E-state index in [9.17, 15) is 4.79 Å². The summed E-state index contributed by atoms with van der Waals surface area (Å²) in [5, 5.41) is 3.45. The second-order valence-corrected chi connectivity index (χ2v) is 5.23. The Morgan fingerprint density at radius 3 is 2.84 bits per heavy atom. The maximum Gasteiger partial charge on any atom is 0.306 e. The number of piperidine rings is 1. The van der Waals surface area contributed by atoms with Crippen molar-refractivity contribution in [1.29, 1.82) is 0 Å². The summed E-state index contributed by atoms with van der Waals surface area (Å²) in [6.45, 7) is 3.01. The third-order valence-corrected chi connectivity index (χ3v) is 3.69. The minimum absolute atomic E-state index is 0.0938. The largest absolute Gasteiger partial charge is 0.458 e. The molecule has 2 unspecified atom stereocenters. The lowest BCUT2D eigenvalue weighted by atomic mass is 10.0. The Morgan fingerprint density at radius 1 is 1.37 bits per heavy atom. The van der Waals surface area contributed by atoms with Gasteiger partial charge in [0, 0.05) is 12.5 Å². The van der Waals surface area contributed by atoms with Gasteiger partial charge in [-0.2, -0.15) is 0 Å². The zero-order valence-electron chi connectivity index (χ0n) is 11.6. The summed E-state index contributed by atoms with van der Waals surface area (Å²) in [5.74, 6) is -0.0938. The van der Waals surface area contributed by atoms with Crippen LogP contribution in [0.4, 0.5) is 0 Å². The number of nitrogens with one attached hydrogen (secondary N) is 1. The van der Waals surface area contributed by atoms with Crippen LogP contribution in [-0.4, -0.2) is 18.6 Å². The molecule has 1 aromatic rings. The highest BCUT2D eigenvalue weighted by atomic mass is 16.5. The molecular formula is C16H23NO2. The Labute approximate surface area is 115 Å². The fraction of sp³-hybridized carbons (Fsp3) is 0.562. The molecule has 3 heteroatoms. The highest BCUT2D eigenvalue weighted by Crippen LogP contribution is 2.18. The first kappa shape index (κ1) is 14.1. The Kier molecular flexibility index (Phi) is 5.40. The zero-order valence-corrected chi connectivity index (χ0v) is 11.6. The van der Waals surface area contributed by atoms with Gasteiger partial charge in [0.05, 0.1) is 0 Å². The molecule has 2 rings (SSSR count). The predicted octanol–water partition coefficient (Wildman–Crippen LogP) is 3.21. The van der Waals surface area contributed by atoms with Crippen molar-refractivity contribution in [1.82, 2.24) is 5.32 Å². The SMILES string of the molecule is CC(OC(=O)CCC1CCCCN1)c1ccccc1. The van der Waals surface area contributed by atoms with Gasteiger partial charge >= 0.3 is 5.97 Å². The minimum atomic E-state index is -0.159. The molecule has 1 fully saturated rings. The lowest BCUT2D eigenvalue weighted by Gasteiger charge is -2.23. The summed E-state index contributed by atoms with van der Waals surface area (Å²) < 4.78 is 5.46. The van der Waals surface area contributed by atoms with Gasteiger partial charge in [0.2, 0.25) is 0 Å². The van der Waals surface area contributed by atoms with Gasteiger partial charge in [0.25, 0.3) is 0 Å². The third kappa shape index (κ3) is 4.67. The molecule has 0 bridgehead atoms. The van der Waals surface area contributed by atoms with Crippen molar-refractivity contribution >= 4 is 5.97 Å². The van der Waals surface area contributed by atoms with Crippen molar-refractivity contribution < 1.29 is 9.53 Å². The van der Waals surface area contributed by atoms with Gasteiger partial charge in [-0.1, -0.05) is 36.8 Å². The molecule has 1 aromatic carbocycles. The summed E-state index contributed by atoms with van der Waals surface area (Å²) in [6.07, 6.45) is 4.95. The molecule has 104 valence electrons. The Balaban J connectivity index is 1.71. The monoisotopic (exact) mass is 261 g/mol. The molecule has 0 saturated carbocycles. The van der Waals surface area contributed by atoms with E-state index in [-0.39, 0.29) is 12.1 Å². The van der Waals surface area contributed by atoms with Crippen molar-refractivity contribution in [3.63, 3.8) is 0 Å². The smallest absolute Gasteiger partial charge is 0.306 e. The van der Waals surface area contributed by atoms with Crippen LogP contribution < -0.4 is 5.32 Å². The normalized spacial score (nSPS) is 20.8. The van der Waals surface area contributed by atoms with E-state index in [2.05, 4.69) is 5.32 Å². The molecule has 19 heavy (non-hydrogen) atoms. The van der Waals surface area contributed by atoms with Crippen LogP contribution in [0.1, 0.15) is 50.7 Å². The van der Waals surface area contributed by atoms with E-state index in [1.807, 2.05) is 37.3 Å². The summed E-state index contributed by atoms with van der Waals surface area (Å²) >= 11 is 0. The lowest BCUT2D eigenvalue weighted by Crippen LogP contribution is -2.34. The van der Waals surface area contributed by atoms with E-state index in [4.69, 9.17) is 4.74 Å². The number of ether oxygens (including phenoxy) is 1. The molecule has 0 aromatic heterocycles. The third-order valence-electron chi connectivity index (χ3n) is 3.69. The first-order valence-electron chi connectivity index (χ1n) is 7.23. The Morgan fingerprint density at radius 2 is 2.16 bits per heavy atom. The molecule has 1 aliphatic rings. The lowest BCUT2D eigenvalue weighted by molar-refractivity contribution is -0.148. The number of benzene rings is 1. The van der Waals surface area contributed by atoms with Gasteiger partial charge in [0.1, 0.15) is 6.10 Å². The first-order valence-corrected chi connectivity index (χ1v) is 7.23. The van der Waals surface area contributed by atoms with Crippen LogP contribution in [-0.2, 0) is 9.53 Å². The van der Waals surface area contributed by atoms with Crippen LogP contribution in [0.2, 0.25) is 0 Å². The number of rotatable bonds is 5. The molecule has 1 heterocycles. The number of hydrogen-bond acceptors (Lipinski definition) is 3. The van der Waals surface area contributed by atoms with Gasteiger partial charge < -0.3 is 10.1 Å². The van der Waals surface area contributed by atoms with Crippen molar-refractivity contribution in [3.8, 4) is 0 Å². The number of carbonyl (C=O) groups is 1. The molecule has 0 amide bonds. The van der Waals surface area contributed by atoms with Crippen LogP contribution in [0.25, 0.3) is 0 Å². The molecule has 0 radical (unpaired) electrons. The van der Waals surface area contributed by atoms with Crippen LogP contribution >= 0.6 is 0 Å². The standard InChI is InChI=1S/C16H23NO2/c1-13(14-7-3-2-4-8-14)19-16(18)11-10-15-9-5-6-12-17-15/h2-4,7-8,13,15,17H,5-6,9-12H2,1H3. The van der Waals surface area contributed by atoms with E-state index in [0.717, 1.165) is 18.5 Å². The second-order valence-electron chi connectivity index (χ2n) is 5.23. The van der Waals surface area contributed by atoms with E-state index >= 15 is 0 Å². The van der Waals surface area contributed by atoms with E-state index < -0.39 is 0 Å². The highest BCUT2D eigenvalue weighted by molar-refractivity contribution is 5.69. The van der Waals surface area contributed by atoms with Crippen molar-refractivity contribution in [2.45, 2.75) is 51.2 Å². The topological polar surface area (TPSA) is 38.3 Å². The summed E-state index contributed by atoms with van der Waals surface area (Å²) in [6, 6.07) is 10.4. The zero-order chi connectivity index (χ0) is 13.5. The second kappa shape index (κ2) is 7.29. The van der Waals surface area contributed by atoms with Crippen LogP contribution in [0.3, 0.4) is 0 Å². The molecule has 1 aliphatic heterocycles. The van der Waals surface area contributed by atoms with Gasteiger partial charge in [-0.25, -0.2) is 0 Å². The van der Waals surface area contributed by atoms with E-state index in [0.29, 0.717) is 12.5 Å². The summed E-state index contributed by atoms with van der Waals surface area (Å²) in [5.41, 5.74) is 1.05. The average molecular weight is 261 g/mol. The number of carbonyl (C=O) groups excluding carboxylic acids is 1. The molecule has 0 aliphatic carbocycles. The quantitative estimate of drug-likeness (QED) is 0.827. The Bertz CT molecular complexity index is 385. The van der Waals surface area contributed by atoms with Gasteiger partial charge in [-0.3, -0.25) is 4.79 Å². The van der Waals surface area contributed by atoms with Gasteiger partial charge in [-0.15, -0.1) is 0 Å². The molecule has 2 atom stereocenters. The predicted molar refractivity (Wildman–Crippen MR) is 75.8 cm³/mol. The fourth-order valence-corrected chi connectivity index (χ4v) is 2.51. The molecule has 0 spiro atoms. The van der Waals surface area contributed by atoms with Crippen molar-refractivity contribution in [3.05, 3.63) is 35.9 Å². The molecular weight excluding hydrogens is 238 g/mol. The maximum atomic E-state index is 11.8. The summed E-state index contributed by atoms with van der Waals surface area (Å²) in [7, 11) is 0. The maximum absolute atomic E-state index is 11.8. The van der Waals surface area contributed by atoms with Gasteiger partial charge in [-0.05, 0) is 38.3 Å². The van der Waals surface area contributed by atoms with Crippen molar-refractivity contribution in [2.75, 3.05) is 6.54 Å². The molecule has 1 saturated heterocycles. The fourth-order valence-electron chi connectivity index (χ4n) is 2.51. The van der Waals surface area contributed by atoms with Crippen LogP contribution in [0.15, 0.2) is 30.3 Å². The van der Waals surface area contributed by atoms with Crippen molar-refractivity contribution in [2.24, 2.45) is 0 Å². The molecule has 1 N–H and O–H groups in total.